The standard InChI is InChI=1S/C9H18N2O3/c1-7(2)6-14-10-9(13)5-11(4)8(3)12/h7H,5-6H2,1-4H3,(H,10,13). The van der Waals surface area contributed by atoms with Crippen molar-refractivity contribution < 1.29 is 14.4 Å². The number of amides is 2. The molecule has 0 saturated heterocycles. The van der Waals surface area contributed by atoms with E-state index in [2.05, 4.69) is 5.48 Å². The summed E-state index contributed by atoms with van der Waals surface area (Å²) in [5.41, 5.74) is 2.27. The van der Waals surface area contributed by atoms with Crippen molar-refractivity contribution in [3.05, 3.63) is 0 Å². The number of nitrogens with one attached hydrogen (secondary N) is 1. The van der Waals surface area contributed by atoms with Crippen molar-refractivity contribution in [3.8, 4) is 0 Å². The summed E-state index contributed by atoms with van der Waals surface area (Å²) in [7, 11) is 1.56. The van der Waals surface area contributed by atoms with Gasteiger partial charge in [0.15, 0.2) is 0 Å². The Morgan fingerprint density at radius 1 is 1.43 bits per heavy atom. The third-order valence-corrected chi connectivity index (χ3v) is 1.52. The Labute approximate surface area is 84.4 Å². The van der Waals surface area contributed by atoms with Crippen LogP contribution in [0.1, 0.15) is 20.8 Å². The van der Waals surface area contributed by atoms with Crippen LogP contribution >= 0.6 is 0 Å². The lowest BCUT2D eigenvalue weighted by Crippen LogP contribution is -2.37. The molecule has 0 bridgehead atoms. The third-order valence-electron chi connectivity index (χ3n) is 1.52. The maximum atomic E-state index is 11.1. The van der Waals surface area contributed by atoms with E-state index >= 15 is 0 Å². The number of likely N-dealkylation sites (N-methyl/N-ethyl adjacent to an activating group) is 1. The highest BCUT2D eigenvalue weighted by atomic mass is 16.6. The minimum atomic E-state index is -0.316. The van der Waals surface area contributed by atoms with Gasteiger partial charge in [-0.1, -0.05) is 13.8 Å². The summed E-state index contributed by atoms with van der Waals surface area (Å²) in [5.74, 6) is -0.104. The summed E-state index contributed by atoms with van der Waals surface area (Å²) in [6.45, 7) is 5.85. The lowest BCUT2D eigenvalue weighted by atomic mass is 10.2. The van der Waals surface area contributed by atoms with Crippen molar-refractivity contribution in [1.29, 1.82) is 0 Å². The second-order valence-corrected chi connectivity index (χ2v) is 3.61. The molecule has 0 aliphatic heterocycles. The number of carbonyl (C=O) groups excluding carboxylic acids is 2. The number of hydrogen-bond donors (Lipinski definition) is 1. The Morgan fingerprint density at radius 2 is 2.00 bits per heavy atom. The average Bonchev–Trinajstić information content (AvgIpc) is 2.02. The molecule has 1 N–H and O–H groups in total. The van der Waals surface area contributed by atoms with E-state index in [1.165, 1.54) is 11.8 Å². The van der Waals surface area contributed by atoms with Gasteiger partial charge >= 0.3 is 0 Å². The van der Waals surface area contributed by atoms with Crippen molar-refractivity contribution >= 4 is 11.8 Å². The van der Waals surface area contributed by atoms with Crippen LogP contribution in [0.5, 0.6) is 0 Å². The van der Waals surface area contributed by atoms with Gasteiger partial charge in [-0.15, -0.1) is 0 Å². The molecule has 0 aromatic rings. The molecule has 0 aromatic carbocycles. The summed E-state index contributed by atoms with van der Waals surface area (Å²) < 4.78 is 0. The van der Waals surface area contributed by atoms with Gasteiger partial charge in [-0.25, -0.2) is 5.48 Å². The third kappa shape index (κ3) is 6.42. The molecule has 0 radical (unpaired) electrons. The first kappa shape index (κ1) is 12.9. The summed E-state index contributed by atoms with van der Waals surface area (Å²) in [6, 6.07) is 0. The number of rotatable bonds is 5. The Morgan fingerprint density at radius 3 is 2.43 bits per heavy atom. The predicted molar refractivity (Wildman–Crippen MR) is 52.2 cm³/mol. The summed E-state index contributed by atoms with van der Waals surface area (Å²) >= 11 is 0. The normalized spacial score (nSPS) is 10.1. The van der Waals surface area contributed by atoms with E-state index in [0.717, 1.165) is 0 Å². The molecule has 0 rings (SSSR count). The first-order valence-electron chi connectivity index (χ1n) is 4.55. The summed E-state index contributed by atoms with van der Waals surface area (Å²) in [6.07, 6.45) is 0. The van der Waals surface area contributed by atoms with Crippen LogP contribution in [-0.2, 0) is 14.4 Å². The first-order valence-corrected chi connectivity index (χ1v) is 4.55. The van der Waals surface area contributed by atoms with Gasteiger partial charge in [-0.05, 0) is 5.92 Å². The van der Waals surface area contributed by atoms with Gasteiger partial charge < -0.3 is 4.90 Å². The minimum Gasteiger partial charge on any atom is -0.337 e. The lowest BCUT2D eigenvalue weighted by molar-refractivity contribution is -0.140. The van der Waals surface area contributed by atoms with Gasteiger partial charge in [0.25, 0.3) is 5.91 Å². The van der Waals surface area contributed by atoms with Crippen LogP contribution in [0.25, 0.3) is 0 Å². The molecule has 0 aromatic heterocycles. The van der Waals surface area contributed by atoms with Crippen LogP contribution in [0.15, 0.2) is 0 Å². The summed E-state index contributed by atoms with van der Waals surface area (Å²) in [4.78, 5) is 28.1. The molecule has 0 heterocycles. The molecule has 2 amide bonds. The zero-order chi connectivity index (χ0) is 11.1. The minimum absolute atomic E-state index is 0.0213. The van der Waals surface area contributed by atoms with Gasteiger partial charge in [0, 0.05) is 14.0 Å². The molecule has 0 aliphatic carbocycles. The molecule has 14 heavy (non-hydrogen) atoms. The Kier molecular flexibility index (Phi) is 5.87. The van der Waals surface area contributed by atoms with Gasteiger partial charge in [-0.3, -0.25) is 14.4 Å². The number of hydroxylamine groups is 1. The molecular formula is C9H18N2O3. The zero-order valence-corrected chi connectivity index (χ0v) is 9.16. The lowest BCUT2D eigenvalue weighted by Gasteiger charge is -2.14. The van der Waals surface area contributed by atoms with Gasteiger partial charge in [-0.2, -0.15) is 0 Å². The smallest absolute Gasteiger partial charge is 0.263 e. The van der Waals surface area contributed by atoms with Crippen LogP contribution in [0.2, 0.25) is 0 Å². The van der Waals surface area contributed by atoms with E-state index in [1.54, 1.807) is 7.05 Å². The summed E-state index contributed by atoms with van der Waals surface area (Å²) in [5, 5.41) is 0. The zero-order valence-electron chi connectivity index (χ0n) is 9.16. The van der Waals surface area contributed by atoms with E-state index in [1.807, 2.05) is 13.8 Å². The maximum Gasteiger partial charge on any atom is 0.263 e. The highest BCUT2D eigenvalue weighted by Crippen LogP contribution is 1.90. The number of carbonyl (C=O) groups is 2. The van der Waals surface area contributed by atoms with Crippen LogP contribution < -0.4 is 5.48 Å². The number of nitrogens with zero attached hydrogens (tertiary/aromatic N) is 1. The Balaban J connectivity index is 3.60. The predicted octanol–water partition coefficient (Wildman–Crippen LogP) is 0.168. The van der Waals surface area contributed by atoms with Crippen LogP contribution in [0, 0.1) is 5.92 Å². The SMILES string of the molecule is CC(=O)N(C)CC(=O)NOCC(C)C. The molecule has 0 fully saturated rings. The molecule has 0 unspecified atom stereocenters. The second kappa shape index (κ2) is 6.37. The van der Waals surface area contributed by atoms with Crippen molar-refractivity contribution in [2.45, 2.75) is 20.8 Å². The van der Waals surface area contributed by atoms with Crippen molar-refractivity contribution in [2.75, 3.05) is 20.2 Å². The quantitative estimate of drug-likeness (QED) is 0.646. The van der Waals surface area contributed by atoms with Crippen molar-refractivity contribution in [1.82, 2.24) is 10.4 Å². The van der Waals surface area contributed by atoms with E-state index in [9.17, 15) is 9.59 Å². The highest BCUT2D eigenvalue weighted by molar-refractivity contribution is 5.82. The Bertz CT molecular complexity index is 204. The van der Waals surface area contributed by atoms with Gasteiger partial charge in [0.2, 0.25) is 5.91 Å². The van der Waals surface area contributed by atoms with E-state index in [4.69, 9.17) is 4.84 Å². The molecule has 0 spiro atoms. The maximum absolute atomic E-state index is 11.1. The molecular weight excluding hydrogens is 184 g/mol. The van der Waals surface area contributed by atoms with Gasteiger partial charge in [0.05, 0.1) is 6.61 Å². The van der Waals surface area contributed by atoms with Crippen molar-refractivity contribution in [2.24, 2.45) is 5.92 Å². The van der Waals surface area contributed by atoms with E-state index in [-0.39, 0.29) is 18.4 Å². The van der Waals surface area contributed by atoms with Crippen molar-refractivity contribution in [3.63, 3.8) is 0 Å². The molecule has 0 saturated carbocycles. The topological polar surface area (TPSA) is 58.6 Å². The monoisotopic (exact) mass is 202 g/mol. The first-order chi connectivity index (χ1) is 6.43. The molecule has 5 heteroatoms. The van der Waals surface area contributed by atoms with E-state index < -0.39 is 0 Å². The fourth-order valence-electron chi connectivity index (χ4n) is 0.648. The molecule has 0 atom stereocenters. The van der Waals surface area contributed by atoms with Crippen LogP contribution in [0.4, 0.5) is 0 Å². The van der Waals surface area contributed by atoms with Crippen LogP contribution in [-0.4, -0.2) is 36.9 Å². The van der Waals surface area contributed by atoms with Crippen LogP contribution in [0.3, 0.4) is 0 Å². The highest BCUT2D eigenvalue weighted by Gasteiger charge is 2.08. The molecule has 82 valence electrons. The average molecular weight is 202 g/mol. The number of hydrogen-bond acceptors (Lipinski definition) is 3. The van der Waals surface area contributed by atoms with E-state index in [0.29, 0.717) is 12.5 Å². The fourth-order valence-corrected chi connectivity index (χ4v) is 0.648. The van der Waals surface area contributed by atoms with Gasteiger partial charge in [0.1, 0.15) is 6.54 Å². The second-order valence-electron chi connectivity index (χ2n) is 3.61. The molecule has 0 aliphatic rings. The largest absolute Gasteiger partial charge is 0.337 e. The fraction of sp³-hybridized carbons (Fsp3) is 0.778. The Hall–Kier alpha value is -1.10. The molecule has 5 nitrogen and oxygen atoms in total.